The number of aliphatic hydroxyl groups is 1. The summed E-state index contributed by atoms with van der Waals surface area (Å²) in [7, 11) is 1.74. The SMILES string of the molecule is C=CCN(C)C(=O)[C@@H]1[C@@H]2CC(C)C3(S2)C(C(=O)N(CC=C)C(C)(C)C)N([C@@H](CC)CO)C(=O)[C@H]13. The lowest BCUT2D eigenvalue weighted by atomic mass is 9.65. The Morgan fingerprint density at radius 3 is 2.38 bits per heavy atom. The summed E-state index contributed by atoms with van der Waals surface area (Å²) in [5.41, 5.74) is -0.473. The summed E-state index contributed by atoms with van der Waals surface area (Å²) < 4.78 is -0.693. The standard InChI is InChI=1S/C26H41N3O4S/c1-9-12-27(8)22(31)19-18-14-16(4)26(34-18)20(19)23(32)29(17(11-3)15-30)21(26)24(33)28(13-10-2)25(5,6)7/h9-10,16-21,30H,1-2,11-15H2,3-8H3/t16?,17-,18-,19+,20-,21?,26?/m0/s1. The third-order valence-corrected chi connectivity index (χ3v) is 10.0. The average Bonchev–Trinajstić information content (AvgIpc) is 3.36. The van der Waals surface area contributed by atoms with Crippen molar-refractivity contribution in [3.63, 3.8) is 0 Å². The molecular weight excluding hydrogens is 450 g/mol. The molecule has 8 heteroatoms. The lowest BCUT2D eigenvalue weighted by Crippen LogP contribution is -2.62. The van der Waals surface area contributed by atoms with Gasteiger partial charge in [-0.15, -0.1) is 24.9 Å². The highest BCUT2D eigenvalue weighted by Gasteiger charge is 2.77. The smallest absolute Gasteiger partial charge is 0.247 e. The van der Waals surface area contributed by atoms with Gasteiger partial charge in [0, 0.05) is 30.9 Å². The lowest BCUT2D eigenvalue weighted by molar-refractivity contribution is -0.148. The lowest BCUT2D eigenvalue weighted by Gasteiger charge is -2.45. The molecular formula is C26H41N3O4S. The first-order chi connectivity index (χ1) is 15.9. The van der Waals surface area contributed by atoms with Gasteiger partial charge in [-0.1, -0.05) is 26.0 Å². The molecule has 2 bridgehead atoms. The van der Waals surface area contributed by atoms with E-state index in [-0.39, 0.29) is 35.5 Å². The Kier molecular flexibility index (Phi) is 7.63. The monoisotopic (exact) mass is 491 g/mol. The number of likely N-dealkylation sites (N-methyl/N-ethyl adjacent to an activating group) is 1. The fourth-order valence-electron chi connectivity index (χ4n) is 6.34. The van der Waals surface area contributed by atoms with Gasteiger partial charge in [-0.3, -0.25) is 14.4 Å². The van der Waals surface area contributed by atoms with E-state index >= 15 is 0 Å². The summed E-state index contributed by atoms with van der Waals surface area (Å²) in [6.07, 6.45) is 4.71. The molecule has 3 heterocycles. The van der Waals surface area contributed by atoms with Gasteiger partial charge < -0.3 is 19.8 Å². The fraction of sp³-hybridized carbons (Fsp3) is 0.731. The molecule has 3 amide bonds. The van der Waals surface area contributed by atoms with Crippen LogP contribution in [0.3, 0.4) is 0 Å². The zero-order valence-corrected chi connectivity index (χ0v) is 22.3. The van der Waals surface area contributed by atoms with Crippen molar-refractivity contribution in [2.45, 2.75) is 75.1 Å². The van der Waals surface area contributed by atoms with Crippen LogP contribution in [0, 0.1) is 17.8 Å². The molecule has 0 aliphatic carbocycles. The molecule has 3 aliphatic rings. The number of aliphatic hydroxyl groups excluding tert-OH is 1. The molecule has 0 aromatic rings. The number of hydrogen-bond donors (Lipinski definition) is 1. The summed E-state index contributed by atoms with van der Waals surface area (Å²) in [4.78, 5) is 47.1. The molecule has 3 unspecified atom stereocenters. The normalized spacial score (nSPS) is 33.0. The van der Waals surface area contributed by atoms with E-state index in [1.165, 1.54) is 0 Å². The highest BCUT2D eigenvalue weighted by molar-refractivity contribution is 8.02. The van der Waals surface area contributed by atoms with Gasteiger partial charge in [0.2, 0.25) is 17.7 Å². The molecule has 3 aliphatic heterocycles. The third-order valence-electron chi connectivity index (χ3n) is 7.94. The predicted octanol–water partition coefficient (Wildman–Crippen LogP) is 2.55. The summed E-state index contributed by atoms with van der Waals surface area (Å²) >= 11 is 1.67. The Balaban J connectivity index is 2.16. The van der Waals surface area contributed by atoms with Gasteiger partial charge in [0.15, 0.2) is 0 Å². The molecule has 190 valence electrons. The van der Waals surface area contributed by atoms with Crippen molar-refractivity contribution in [1.29, 1.82) is 0 Å². The molecule has 1 spiro atoms. The van der Waals surface area contributed by atoms with Gasteiger partial charge in [0.25, 0.3) is 0 Å². The van der Waals surface area contributed by atoms with Crippen LogP contribution in [0.4, 0.5) is 0 Å². The topological polar surface area (TPSA) is 81.2 Å². The van der Waals surface area contributed by atoms with Gasteiger partial charge in [-0.05, 0) is 39.5 Å². The molecule has 1 N–H and O–H groups in total. The molecule has 0 aromatic carbocycles. The van der Waals surface area contributed by atoms with Crippen LogP contribution in [0.25, 0.3) is 0 Å². The maximum Gasteiger partial charge on any atom is 0.247 e. The molecule has 7 nitrogen and oxygen atoms in total. The minimum atomic E-state index is -0.728. The van der Waals surface area contributed by atoms with Crippen LogP contribution in [0.15, 0.2) is 25.3 Å². The number of carbonyl (C=O) groups excluding carboxylic acids is 3. The predicted molar refractivity (Wildman–Crippen MR) is 136 cm³/mol. The first-order valence-electron chi connectivity index (χ1n) is 12.3. The fourth-order valence-corrected chi connectivity index (χ4v) is 8.73. The van der Waals surface area contributed by atoms with E-state index in [0.29, 0.717) is 19.5 Å². The number of carbonyl (C=O) groups is 3. The quantitative estimate of drug-likeness (QED) is 0.502. The molecule has 0 radical (unpaired) electrons. The Hall–Kier alpha value is -1.80. The molecule has 34 heavy (non-hydrogen) atoms. The Bertz CT molecular complexity index is 851. The van der Waals surface area contributed by atoms with Crippen LogP contribution in [0.2, 0.25) is 0 Å². The van der Waals surface area contributed by atoms with Gasteiger partial charge in [-0.2, -0.15) is 0 Å². The zero-order chi connectivity index (χ0) is 25.6. The number of likely N-dealkylation sites (tertiary alicyclic amines) is 1. The molecule has 0 aromatic heterocycles. The van der Waals surface area contributed by atoms with E-state index in [9.17, 15) is 19.5 Å². The van der Waals surface area contributed by atoms with Gasteiger partial charge >= 0.3 is 0 Å². The van der Waals surface area contributed by atoms with Crippen LogP contribution in [-0.2, 0) is 14.4 Å². The van der Waals surface area contributed by atoms with E-state index < -0.39 is 34.2 Å². The summed E-state index contributed by atoms with van der Waals surface area (Å²) in [5, 5.41) is 10.2. The third kappa shape index (κ3) is 3.91. The van der Waals surface area contributed by atoms with Crippen LogP contribution >= 0.6 is 11.8 Å². The van der Waals surface area contributed by atoms with Crippen molar-refractivity contribution < 1.29 is 19.5 Å². The molecule has 7 atom stereocenters. The van der Waals surface area contributed by atoms with Crippen molar-refractivity contribution >= 4 is 29.5 Å². The first-order valence-corrected chi connectivity index (χ1v) is 13.2. The zero-order valence-electron chi connectivity index (χ0n) is 21.5. The minimum Gasteiger partial charge on any atom is -0.394 e. The van der Waals surface area contributed by atoms with Gasteiger partial charge in [-0.25, -0.2) is 0 Å². The Labute approximate surface area is 208 Å². The van der Waals surface area contributed by atoms with E-state index in [4.69, 9.17) is 0 Å². The highest BCUT2D eigenvalue weighted by Crippen LogP contribution is 2.69. The number of rotatable bonds is 9. The number of hydrogen-bond acceptors (Lipinski definition) is 5. The van der Waals surface area contributed by atoms with E-state index in [1.807, 2.05) is 27.7 Å². The average molecular weight is 492 g/mol. The minimum absolute atomic E-state index is 0.00198. The Morgan fingerprint density at radius 1 is 1.26 bits per heavy atom. The van der Waals surface area contributed by atoms with Crippen molar-refractivity contribution in [3.05, 3.63) is 25.3 Å². The second-order valence-electron chi connectivity index (χ2n) is 11.0. The number of nitrogens with zero attached hydrogens (tertiary/aromatic N) is 3. The van der Waals surface area contributed by atoms with Crippen LogP contribution in [-0.4, -0.2) is 91.9 Å². The van der Waals surface area contributed by atoms with E-state index in [2.05, 4.69) is 20.1 Å². The maximum absolute atomic E-state index is 14.3. The van der Waals surface area contributed by atoms with Gasteiger partial charge in [0.05, 0.1) is 29.2 Å². The van der Waals surface area contributed by atoms with Crippen LogP contribution in [0.1, 0.15) is 47.5 Å². The second kappa shape index (κ2) is 9.69. The second-order valence-corrected chi connectivity index (χ2v) is 12.5. The van der Waals surface area contributed by atoms with Crippen molar-refractivity contribution in [3.8, 4) is 0 Å². The van der Waals surface area contributed by atoms with E-state index in [0.717, 1.165) is 6.42 Å². The van der Waals surface area contributed by atoms with Crippen LogP contribution in [0.5, 0.6) is 0 Å². The number of thioether (sulfide) groups is 1. The molecule has 3 saturated heterocycles. The number of amides is 3. The molecule has 3 fully saturated rings. The molecule has 0 saturated carbocycles. The highest BCUT2D eigenvalue weighted by atomic mass is 32.2. The molecule has 3 rings (SSSR count). The van der Waals surface area contributed by atoms with Crippen molar-refractivity contribution in [2.75, 3.05) is 26.7 Å². The first kappa shape index (κ1) is 26.8. The number of fused-ring (bicyclic) bond motifs is 1. The summed E-state index contributed by atoms with van der Waals surface area (Å²) in [5.74, 6) is -1.32. The Morgan fingerprint density at radius 2 is 1.88 bits per heavy atom. The van der Waals surface area contributed by atoms with Crippen molar-refractivity contribution in [2.24, 2.45) is 17.8 Å². The summed E-state index contributed by atoms with van der Waals surface area (Å²) in [6, 6.07) is -1.20. The maximum atomic E-state index is 14.3. The summed E-state index contributed by atoms with van der Waals surface area (Å²) in [6.45, 7) is 18.1. The van der Waals surface area contributed by atoms with Gasteiger partial charge in [0.1, 0.15) is 6.04 Å². The largest absolute Gasteiger partial charge is 0.394 e. The van der Waals surface area contributed by atoms with E-state index in [1.54, 1.807) is 45.7 Å². The van der Waals surface area contributed by atoms with Crippen molar-refractivity contribution in [1.82, 2.24) is 14.7 Å². The van der Waals surface area contributed by atoms with Crippen LogP contribution < -0.4 is 0 Å².